The molecule has 0 spiro atoms. The summed E-state index contributed by atoms with van der Waals surface area (Å²) in [6.45, 7) is 0. The minimum Gasteiger partial charge on any atom is -0.456 e. The fourth-order valence-corrected chi connectivity index (χ4v) is 3.47. The van der Waals surface area contributed by atoms with Crippen molar-refractivity contribution in [2.24, 2.45) is 0 Å². The lowest BCUT2D eigenvalue weighted by Crippen LogP contribution is -1.98. The predicted octanol–water partition coefficient (Wildman–Crippen LogP) is 5.93. The number of ether oxygens (including phenoxy) is 1. The van der Waals surface area contributed by atoms with Crippen molar-refractivity contribution in [3.63, 3.8) is 0 Å². The van der Waals surface area contributed by atoms with Gasteiger partial charge in [0.05, 0.1) is 0 Å². The van der Waals surface area contributed by atoms with Crippen molar-refractivity contribution in [1.82, 2.24) is 0 Å². The lowest BCUT2D eigenvalue weighted by atomic mass is 10.0. The molecule has 4 heteroatoms. The van der Waals surface area contributed by atoms with Crippen LogP contribution in [0.2, 0.25) is 0 Å². The second-order valence-electron chi connectivity index (χ2n) is 7.04. The van der Waals surface area contributed by atoms with Gasteiger partial charge in [0.1, 0.15) is 29.5 Å². The van der Waals surface area contributed by atoms with Gasteiger partial charge in [-0.3, -0.25) is 4.79 Å². The van der Waals surface area contributed by atoms with Crippen LogP contribution in [0.3, 0.4) is 0 Å². The molecule has 0 amide bonds. The first kappa shape index (κ1) is 17.6. The number of halogens is 1. The topological polar surface area (TPSA) is 42.7 Å². The zero-order chi connectivity index (χ0) is 19.8. The molecule has 3 nitrogen and oxygen atoms in total. The maximum absolute atomic E-state index is 13.1. The zero-order valence-corrected chi connectivity index (χ0v) is 15.4. The highest BCUT2D eigenvalue weighted by Crippen LogP contribution is 2.51. The minimum absolute atomic E-state index is 0.0443. The first-order valence-electron chi connectivity index (χ1n) is 9.39. The van der Waals surface area contributed by atoms with Gasteiger partial charge in [-0.05, 0) is 23.3 Å². The number of epoxide rings is 1. The summed E-state index contributed by atoms with van der Waals surface area (Å²) in [5.74, 6) is 0.809. The highest BCUT2D eigenvalue weighted by Gasteiger charge is 2.41. The van der Waals surface area contributed by atoms with Crippen LogP contribution in [0, 0.1) is 5.82 Å². The van der Waals surface area contributed by atoms with E-state index in [1.165, 1.54) is 24.3 Å². The fourth-order valence-electron chi connectivity index (χ4n) is 3.47. The van der Waals surface area contributed by atoms with Gasteiger partial charge in [-0.1, -0.05) is 66.7 Å². The molecule has 1 aliphatic rings. The van der Waals surface area contributed by atoms with Crippen molar-refractivity contribution < 1.29 is 13.5 Å². The second-order valence-corrected chi connectivity index (χ2v) is 7.04. The molecule has 0 N–H and O–H groups in total. The molecule has 0 saturated carbocycles. The van der Waals surface area contributed by atoms with Crippen LogP contribution >= 0.6 is 0 Å². The van der Waals surface area contributed by atoms with Crippen LogP contribution in [0.4, 0.5) is 4.39 Å². The number of hydrogen-bond acceptors (Lipinski definition) is 3. The molecule has 3 aromatic carbocycles. The third kappa shape index (κ3) is 3.62. The molecule has 1 fully saturated rings. The van der Waals surface area contributed by atoms with Gasteiger partial charge in [0.2, 0.25) is 0 Å². The standard InChI is InChI=1S/C25H17FO3/c26-20-12-10-19(11-13-20)25-24(29-25)18-8-6-17(7-9-18)23-15-21(27)14-22(28-23)16-4-2-1-3-5-16/h1-15,24-25H. The van der Waals surface area contributed by atoms with Gasteiger partial charge in [-0.25, -0.2) is 4.39 Å². The van der Waals surface area contributed by atoms with Gasteiger partial charge in [0.15, 0.2) is 5.43 Å². The molecule has 0 bridgehead atoms. The normalized spacial score (nSPS) is 17.8. The fraction of sp³-hybridized carbons (Fsp3) is 0.0800. The second kappa shape index (κ2) is 7.15. The van der Waals surface area contributed by atoms with Gasteiger partial charge >= 0.3 is 0 Å². The van der Waals surface area contributed by atoms with Crippen LogP contribution in [0.5, 0.6) is 0 Å². The van der Waals surface area contributed by atoms with Crippen LogP contribution in [-0.4, -0.2) is 0 Å². The molecule has 5 rings (SSSR count). The number of benzene rings is 3. The van der Waals surface area contributed by atoms with E-state index in [0.29, 0.717) is 11.5 Å². The molecule has 0 radical (unpaired) electrons. The zero-order valence-electron chi connectivity index (χ0n) is 15.4. The minimum atomic E-state index is -0.255. The summed E-state index contributed by atoms with van der Waals surface area (Å²) in [6.07, 6.45) is -0.0991. The molecule has 4 aromatic rings. The monoisotopic (exact) mass is 384 g/mol. The highest BCUT2D eigenvalue weighted by molar-refractivity contribution is 5.63. The van der Waals surface area contributed by atoms with Crippen LogP contribution < -0.4 is 5.43 Å². The molecule has 1 aromatic heterocycles. The largest absolute Gasteiger partial charge is 0.456 e. The van der Waals surface area contributed by atoms with E-state index in [-0.39, 0.29) is 23.5 Å². The first-order valence-corrected chi connectivity index (χ1v) is 9.39. The summed E-state index contributed by atoms with van der Waals surface area (Å²) in [4.78, 5) is 12.2. The average Bonchev–Trinajstić information content (AvgIpc) is 3.55. The van der Waals surface area contributed by atoms with Crippen molar-refractivity contribution in [1.29, 1.82) is 0 Å². The first-order chi connectivity index (χ1) is 14.2. The van der Waals surface area contributed by atoms with Crippen molar-refractivity contribution in [3.05, 3.63) is 118 Å². The Labute approximate surface area is 167 Å². The van der Waals surface area contributed by atoms with Gasteiger partial charge in [-0.15, -0.1) is 0 Å². The maximum atomic E-state index is 13.1. The van der Waals surface area contributed by atoms with Crippen LogP contribution in [0.1, 0.15) is 23.3 Å². The lowest BCUT2D eigenvalue weighted by molar-refractivity contribution is 0.377. The van der Waals surface area contributed by atoms with E-state index >= 15 is 0 Å². The molecule has 1 aliphatic heterocycles. The van der Waals surface area contributed by atoms with E-state index in [9.17, 15) is 9.18 Å². The summed E-state index contributed by atoms with van der Waals surface area (Å²) in [5.41, 5.74) is 3.57. The Morgan fingerprint density at radius 1 is 0.655 bits per heavy atom. The van der Waals surface area contributed by atoms with Crippen LogP contribution in [0.25, 0.3) is 22.6 Å². The molecular formula is C25H17FO3. The molecule has 2 unspecified atom stereocenters. The van der Waals surface area contributed by atoms with E-state index in [1.807, 2.05) is 54.6 Å². The molecular weight excluding hydrogens is 367 g/mol. The smallest absolute Gasteiger partial charge is 0.186 e. The Morgan fingerprint density at radius 2 is 1.17 bits per heavy atom. The highest BCUT2D eigenvalue weighted by atomic mass is 19.1. The van der Waals surface area contributed by atoms with Gasteiger partial charge in [-0.2, -0.15) is 0 Å². The van der Waals surface area contributed by atoms with E-state index < -0.39 is 0 Å². The van der Waals surface area contributed by atoms with Gasteiger partial charge < -0.3 is 9.15 Å². The van der Waals surface area contributed by atoms with Gasteiger partial charge in [0, 0.05) is 23.3 Å². The SMILES string of the molecule is O=c1cc(-c2ccccc2)oc(-c2ccc(C3OC3c3ccc(F)cc3)cc2)c1. The van der Waals surface area contributed by atoms with Gasteiger partial charge in [0.25, 0.3) is 0 Å². The van der Waals surface area contributed by atoms with Crippen molar-refractivity contribution in [2.45, 2.75) is 12.2 Å². The Kier molecular flexibility index (Phi) is 4.34. The predicted molar refractivity (Wildman–Crippen MR) is 109 cm³/mol. The summed E-state index contributed by atoms with van der Waals surface area (Å²) in [5, 5.41) is 0. The quantitative estimate of drug-likeness (QED) is 0.410. The molecule has 2 atom stereocenters. The van der Waals surface area contributed by atoms with E-state index in [0.717, 1.165) is 22.3 Å². The average molecular weight is 384 g/mol. The Balaban J connectivity index is 1.39. The van der Waals surface area contributed by atoms with Crippen LogP contribution in [-0.2, 0) is 4.74 Å². The summed E-state index contributed by atoms with van der Waals surface area (Å²) >= 11 is 0. The van der Waals surface area contributed by atoms with Crippen molar-refractivity contribution in [2.75, 3.05) is 0 Å². The Bertz CT molecular complexity index is 1200. The molecule has 29 heavy (non-hydrogen) atoms. The number of rotatable bonds is 4. The summed E-state index contributed by atoms with van der Waals surface area (Å²) < 4.78 is 24.8. The molecule has 1 saturated heterocycles. The van der Waals surface area contributed by atoms with Crippen molar-refractivity contribution in [3.8, 4) is 22.6 Å². The lowest BCUT2D eigenvalue weighted by Gasteiger charge is -2.06. The third-order valence-corrected chi connectivity index (χ3v) is 5.04. The number of hydrogen-bond donors (Lipinski definition) is 0. The Morgan fingerprint density at radius 3 is 1.76 bits per heavy atom. The van der Waals surface area contributed by atoms with E-state index in [2.05, 4.69) is 0 Å². The van der Waals surface area contributed by atoms with E-state index in [4.69, 9.17) is 9.15 Å². The Hall–Kier alpha value is -3.50. The van der Waals surface area contributed by atoms with Crippen molar-refractivity contribution >= 4 is 0 Å². The molecule has 0 aliphatic carbocycles. The third-order valence-electron chi connectivity index (χ3n) is 5.04. The molecule has 142 valence electrons. The van der Waals surface area contributed by atoms with Crippen LogP contribution in [0.15, 0.2) is 100 Å². The molecule has 2 heterocycles. The summed E-state index contributed by atoms with van der Waals surface area (Å²) in [7, 11) is 0. The summed E-state index contributed by atoms with van der Waals surface area (Å²) in [6, 6.07) is 26.7. The maximum Gasteiger partial charge on any atom is 0.186 e. The van der Waals surface area contributed by atoms with E-state index in [1.54, 1.807) is 12.1 Å².